The van der Waals surface area contributed by atoms with E-state index in [1.807, 2.05) is 24.3 Å². The molecule has 210 valence electrons. The monoisotopic (exact) mass is 545 g/mol. The Morgan fingerprint density at radius 1 is 1.07 bits per heavy atom. The molecular formula is C28H35N9O3. The number of carbonyl (C=O) groups excluding carboxylic acids is 3. The summed E-state index contributed by atoms with van der Waals surface area (Å²) in [5, 5.41) is 19.3. The average Bonchev–Trinajstić information content (AvgIpc) is 3.52. The second-order valence-electron chi connectivity index (χ2n) is 11.3. The summed E-state index contributed by atoms with van der Waals surface area (Å²) in [6.07, 6.45) is 6.14. The van der Waals surface area contributed by atoms with Gasteiger partial charge in [-0.05, 0) is 62.0 Å². The highest BCUT2D eigenvalue weighted by atomic mass is 16.2. The Kier molecular flexibility index (Phi) is 7.20. The number of benzene rings is 1. The van der Waals surface area contributed by atoms with Gasteiger partial charge in [-0.3, -0.25) is 24.0 Å². The van der Waals surface area contributed by atoms with Crippen molar-refractivity contribution in [3.8, 4) is 11.1 Å². The standard InChI is InChI=1S/C28H35N9O3/c1-17-10-24(28(40)33-20-14-35(15-20)21-5-7-30-8-6-21)36(13-17)25(38)16-37-23-3-2-18(19-4-9-31-32-12-19)11-22(23)26(34-37)27(29)39/h2-4,9,11-12,17,20-21,24,30H,5-8,10,13-16H2,1H3,(H2,29,39)(H,33,40). The van der Waals surface area contributed by atoms with Crippen molar-refractivity contribution in [2.24, 2.45) is 11.7 Å². The Hall–Kier alpha value is -3.90. The fourth-order valence-corrected chi connectivity index (χ4v) is 6.28. The van der Waals surface area contributed by atoms with E-state index in [0.717, 1.165) is 50.1 Å². The molecule has 1 aromatic carbocycles. The molecule has 3 aromatic rings. The number of primary amides is 1. The lowest BCUT2D eigenvalue weighted by molar-refractivity contribution is -0.139. The van der Waals surface area contributed by atoms with Crippen molar-refractivity contribution in [2.75, 3.05) is 32.7 Å². The third-order valence-corrected chi connectivity index (χ3v) is 8.40. The van der Waals surface area contributed by atoms with Gasteiger partial charge in [-0.15, -0.1) is 0 Å². The molecule has 0 saturated carbocycles. The Bertz CT molecular complexity index is 1410. The predicted molar refractivity (Wildman–Crippen MR) is 148 cm³/mol. The number of rotatable bonds is 7. The van der Waals surface area contributed by atoms with Gasteiger partial charge in [0, 0.05) is 36.6 Å². The van der Waals surface area contributed by atoms with Crippen LogP contribution in [0, 0.1) is 5.92 Å². The van der Waals surface area contributed by atoms with Crippen LogP contribution in [0.1, 0.15) is 36.7 Å². The minimum absolute atomic E-state index is 0.0913. The number of hydrogen-bond acceptors (Lipinski definition) is 8. The smallest absolute Gasteiger partial charge is 0.269 e. The van der Waals surface area contributed by atoms with E-state index in [4.69, 9.17) is 5.73 Å². The number of hydrogen-bond donors (Lipinski definition) is 3. The Morgan fingerprint density at radius 3 is 2.60 bits per heavy atom. The van der Waals surface area contributed by atoms with Crippen molar-refractivity contribution in [3.63, 3.8) is 0 Å². The lowest BCUT2D eigenvalue weighted by Crippen LogP contribution is -2.64. The maximum Gasteiger partial charge on any atom is 0.269 e. The van der Waals surface area contributed by atoms with E-state index >= 15 is 0 Å². The van der Waals surface area contributed by atoms with Gasteiger partial charge >= 0.3 is 0 Å². The zero-order valence-electron chi connectivity index (χ0n) is 22.6. The van der Waals surface area contributed by atoms with Gasteiger partial charge in [-0.2, -0.15) is 15.3 Å². The number of nitrogens with one attached hydrogen (secondary N) is 2. The number of likely N-dealkylation sites (tertiary alicyclic amines) is 2. The van der Waals surface area contributed by atoms with E-state index in [9.17, 15) is 14.4 Å². The Balaban J connectivity index is 1.15. The first-order valence-electron chi connectivity index (χ1n) is 14.0. The van der Waals surface area contributed by atoms with E-state index < -0.39 is 11.9 Å². The van der Waals surface area contributed by atoms with Crippen LogP contribution in [0.15, 0.2) is 36.7 Å². The largest absolute Gasteiger partial charge is 0.364 e. The SMILES string of the molecule is CC1CC(C(=O)NC2CN(C3CCNCC3)C2)N(C(=O)Cn2nc(C(N)=O)c3cc(-c4ccnnc4)ccc32)C1. The maximum atomic E-state index is 13.6. The molecule has 2 aromatic heterocycles. The molecule has 12 heteroatoms. The van der Waals surface area contributed by atoms with Crippen molar-refractivity contribution >= 4 is 28.6 Å². The van der Waals surface area contributed by atoms with Crippen LogP contribution < -0.4 is 16.4 Å². The van der Waals surface area contributed by atoms with Gasteiger partial charge in [0.25, 0.3) is 5.91 Å². The van der Waals surface area contributed by atoms with E-state index in [1.54, 1.807) is 17.3 Å². The first-order chi connectivity index (χ1) is 19.4. The predicted octanol–water partition coefficient (Wildman–Crippen LogP) is 0.382. The molecule has 0 aliphatic carbocycles. The molecule has 3 amide bonds. The molecule has 4 N–H and O–H groups in total. The molecule has 3 saturated heterocycles. The molecule has 2 atom stereocenters. The Morgan fingerprint density at radius 2 is 1.88 bits per heavy atom. The number of fused-ring (bicyclic) bond motifs is 1. The summed E-state index contributed by atoms with van der Waals surface area (Å²) in [6, 6.07) is 7.53. The minimum Gasteiger partial charge on any atom is -0.364 e. The first-order valence-corrected chi connectivity index (χ1v) is 14.0. The average molecular weight is 546 g/mol. The van der Waals surface area contributed by atoms with E-state index in [1.165, 1.54) is 4.68 Å². The Labute approximate surface area is 232 Å². The van der Waals surface area contributed by atoms with Crippen LogP contribution in [0.3, 0.4) is 0 Å². The molecular weight excluding hydrogens is 510 g/mol. The summed E-state index contributed by atoms with van der Waals surface area (Å²) in [5.74, 6) is -0.768. The quantitative estimate of drug-likeness (QED) is 0.386. The van der Waals surface area contributed by atoms with Crippen molar-refractivity contribution < 1.29 is 14.4 Å². The van der Waals surface area contributed by atoms with Crippen molar-refractivity contribution in [3.05, 3.63) is 42.4 Å². The van der Waals surface area contributed by atoms with Crippen molar-refractivity contribution in [1.82, 2.24) is 40.4 Å². The third-order valence-electron chi connectivity index (χ3n) is 8.40. The molecule has 6 rings (SSSR count). The van der Waals surface area contributed by atoms with E-state index in [0.29, 0.717) is 29.9 Å². The molecule has 0 bridgehead atoms. The topological polar surface area (TPSA) is 151 Å². The normalized spacial score (nSPS) is 22.4. The molecule has 0 radical (unpaired) electrons. The van der Waals surface area contributed by atoms with Crippen LogP contribution in [0.25, 0.3) is 22.0 Å². The zero-order valence-corrected chi connectivity index (χ0v) is 22.6. The second-order valence-corrected chi connectivity index (χ2v) is 11.3. The molecule has 3 aliphatic heterocycles. The fourth-order valence-electron chi connectivity index (χ4n) is 6.28. The van der Waals surface area contributed by atoms with Crippen LogP contribution in [0.5, 0.6) is 0 Å². The molecule has 2 unspecified atom stereocenters. The highest BCUT2D eigenvalue weighted by molar-refractivity contribution is 6.05. The molecule has 3 fully saturated rings. The lowest BCUT2D eigenvalue weighted by Gasteiger charge is -2.46. The van der Waals surface area contributed by atoms with Crippen LogP contribution in [-0.2, 0) is 16.1 Å². The summed E-state index contributed by atoms with van der Waals surface area (Å²) in [7, 11) is 0. The van der Waals surface area contributed by atoms with Crippen molar-refractivity contribution in [2.45, 2.75) is 50.9 Å². The fraction of sp³-hybridized carbons (Fsp3) is 0.500. The number of nitrogens with zero attached hydrogens (tertiary/aromatic N) is 6. The van der Waals surface area contributed by atoms with Gasteiger partial charge in [0.2, 0.25) is 11.8 Å². The lowest BCUT2D eigenvalue weighted by atomic mass is 9.98. The van der Waals surface area contributed by atoms with Crippen LogP contribution >= 0.6 is 0 Å². The summed E-state index contributed by atoms with van der Waals surface area (Å²) in [4.78, 5) is 43.2. The van der Waals surface area contributed by atoms with Gasteiger partial charge in [0.1, 0.15) is 12.6 Å². The van der Waals surface area contributed by atoms with Gasteiger partial charge < -0.3 is 21.3 Å². The molecule has 40 heavy (non-hydrogen) atoms. The van der Waals surface area contributed by atoms with Crippen LogP contribution in [0.4, 0.5) is 0 Å². The number of aromatic nitrogens is 4. The third kappa shape index (κ3) is 5.16. The highest BCUT2D eigenvalue weighted by Gasteiger charge is 2.41. The number of carbonyl (C=O) groups is 3. The highest BCUT2D eigenvalue weighted by Crippen LogP contribution is 2.28. The van der Waals surface area contributed by atoms with Crippen LogP contribution in [-0.4, -0.2) is 98.3 Å². The summed E-state index contributed by atoms with van der Waals surface area (Å²) in [6.45, 7) is 6.28. The van der Waals surface area contributed by atoms with Crippen molar-refractivity contribution in [1.29, 1.82) is 0 Å². The maximum absolute atomic E-state index is 13.6. The number of piperidine rings is 1. The summed E-state index contributed by atoms with van der Waals surface area (Å²) in [5.41, 5.74) is 8.02. The minimum atomic E-state index is -0.674. The summed E-state index contributed by atoms with van der Waals surface area (Å²) >= 11 is 0. The summed E-state index contributed by atoms with van der Waals surface area (Å²) < 4.78 is 1.51. The van der Waals surface area contributed by atoms with Gasteiger partial charge in [0.15, 0.2) is 5.69 Å². The first kappa shape index (κ1) is 26.3. The van der Waals surface area contributed by atoms with Gasteiger partial charge in [-0.25, -0.2) is 0 Å². The molecule has 12 nitrogen and oxygen atoms in total. The number of nitrogens with two attached hydrogens (primary N) is 1. The van der Waals surface area contributed by atoms with Gasteiger partial charge in [-0.1, -0.05) is 13.0 Å². The number of amides is 3. The zero-order chi connectivity index (χ0) is 27.8. The van der Waals surface area contributed by atoms with Gasteiger partial charge in [0.05, 0.1) is 24.0 Å². The van der Waals surface area contributed by atoms with E-state index in [-0.39, 0.29) is 36.0 Å². The van der Waals surface area contributed by atoms with E-state index in [2.05, 4.69) is 37.8 Å². The molecule has 3 aliphatic rings. The second kappa shape index (κ2) is 10.9. The molecule has 0 spiro atoms. The molecule has 5 heterocycles. The van der Waals surface area contributed by atoms with Crippen LogP contribution in [0.2, 0.25) is 0 Å².